The van der Waals surface area contributed by atoms with E-state index < -0.39 is 0 Å². The minimum Gasteiger partial charge on any atom is -0.368 e. The van der Waals surface area contributed by atoms with Crippen LogP contribution in [0.2, 0.25) is 0 Å². The summed E-state index contributed by atoms with van der Waals surface area (Å²) in [6, 6.07) is 4.15. The summed E-state index contributed by atoms with van der Waals surface area (Å²) in [6.45, 7) is 10.1. The van der Waals surface area contributed by atoms with Crippen molar-refractivity contribution in [3.63, 3.8) is 0 Å². The lowest BCUT2D eigenvalue weighted by Gasteiger charge is -2.34. The molecule has 0 spiro atoms. The number of hydrogen-bond donors (Lipinski definition) is 0. The molecule has 1 saturated heterocycles. The van der Waals surface area contributed by atoms with Gasteiger partial charge in [-0.2, -0.15) is 0 Å². The Labute approximate surface area is 131 Å². The van der Waals surface area contributed by atoms with Gasteiger partial charge in [0.15, 0.2) is 0 Å². The minimum absolute atomic E-state index is 0.304. The fourth-order valence-electron chi connectivity index (χ4n) is 3.39. The van der Waals surface area contributed by atoms with Gasteiger partial charge >= 0.3 is 0 Å². The zero-order valence-electron chi connectivity index (χ0n) is 13.8. The van der Waals surface area contributed by atoms with Gasteiger partial charge in [-0.25, -0.2) is 0 Å². The third kappa shape index (κ3) is 2.29. The van der Waals surface area contributed by atoms with Crippen LogP contribution in [0.25, 0.3) is 11.1 Å². The van der Waals surface area contributed by atoms with E-state index in [4.69, 9.17) is 0 Å². The molecule has 0 saturated carbocycles. The Hall–Kier alpha value is -1.90. The van der Waals surface area contributed by atoms with Crippen molar-refractivity contribution in [2.75, 3.05) is 18.0 Å². The predicted molar refractivity (Wildman–Crippen MR) is 91.6 cm³/mol. The van der Waals surface area contributed by atoms with Crippen molar-refractivity contribution in [2.24, 2.45) is 5.92 Å². The molecular weight excluding hydrogens is 274 g/mol. The number of hydrogen-bond acceptors (Lipinski definition) is 3. The minimum atomic E-state index is -0.319. The Morgan fingerprint density at radius 3 is 2.14 bits per heavy atom. The molecule has 3 rings (SSSR count). The van der Waals surface area contributed by atoms with Gasteiger partial charge in [-0.3, -0.25) is 9.59 Å². The largest absolute Gasteiger partial charge is 0.368 e. The topological polar surface area (TPSA) is 37.4 Å². The second kappa shape index (κ2) is 5.38. The fraction of sp³-hybridized carbons (Fsp3) is 0.474. The van der Waals surface area contributed by atoms with Crippen LogP contribution < -0.4 is 15.8 Å². The molecule has 0 amide bonds. The molecule has 0 unspecified atom stereocenters. The summed E-state index contributed by atoms with van der Waals surface area (Å²) in [7, 11) is 0. The predicted octanol–water partition coefficient (Wildman–Crippen LogP) is 3.11. The highest BCUT2D eigenvalue weighted by molar-refractivity contribution is 5.84. The molecule has 1 fully saturated rings. The molecule has 116 valence electrons. The molecule has 0 bridgehead atoms. The van der Waals surface area contributed by atoms with Gasteiger partial charge in [0.05, 0.1) is 5.56 Å². The summed E-state index contributed by atoms with van der Waals surface area (Å²) in [5, 5.41) is 0. The summed E-state index contributed by atoms with van der Waals surface area (Å²) in [6.07, 6.45) is 2.17. The van der Waals surface area contributed by atoms with E-state index in [9.17, 15) is 9.59 Å². The first-order chi connectivity index (χ1) is 10.4. The highest BCUT2D eigenvalue weighted by atomic mass is 16.2. The molecule has 1 aliphatic rings. The van der Waals surface area contributed by atoms with Crippen LogP contribution in [0.5, 0.6) is 0 Å². The summed E-state index contributed by atoms with van der Waals surface area (Å²) >= 11 is 0. The maximum Gasteiger partial charge on any atom is 0.250 e. The van der Waals surface area contributed by atoms with Crippen LogP contribution in [-0.2, 0) is 0 Å². The van der Waals surface area contributed by atoms with E-state index in [-0.39, 0.29) is 10.9 Å². The van der Waals surface area contributed by atoms with E-state index in [0.717, 1.165) is 42.6 Å². The summed E-state index contributed by atoms with van der Waals surface area (Å²) in [4.78, 5) is 26.5. The highest BCUT2D eigenvalue weighted by Crippen LogP contribution is 2.33. The van der Waals surface area contributed by atoms with E-state index in [2.05, 4.69) is 30.9 Å². The number of aryl methyl sites for hydroxylation is 3. The van der Waals surface area contributed by atoms with E-state index in [1.165, 1.54) is 5.56 Å². The molecule has 0 atom stereocenters. The maximum absolute atomic E-state index is 12.2. The monoisotopic (exact) mass is 297 g/mol. The van der Waals surface area contributed by atoms with Gasteiger partial charge < -0.3 is 4.90 Å². The van der Waals surface area contributed by atoms with Gasteiger partial charge in [0.1, 0.15) is 5.69 Å². The first-order valence-electron chi connectivity index (χ1n) is 8.06. The van der Waals surface area contributed by atoms with Crippen LogP contribution in [0.3, 0.4) is 0 Å². The summed E-state index contributed by atoms with van der Waals surface area (Å²) in [5.74, 6) is 0.703. The number of anilines is 1. The first-order valence-corrected chi connectivity index (χ1v) is 8.06. The molecule has 3 heteroatoms. The average molecular weight is 297 g/mol. The molecule has 0 aromatic heterocycles. The second-order valence-corrected chi connectivity index (χ2v) is 6.80. The fourth-order valence-corrected chi connectivity index (χ4v) is 3.39. The van der Waals surface area contributed by atoms with Crippen LogP contribution in [0.4, 0.5) is 5.69 Å². The van der Waals surface area contributed by atoms with Gasteiger partial charge in [0, 0.05) is 13.1 Å². The number of nitrogens with zero attached hydrogens (tertiary/aromatic N) is 1. The number of benzene rings is 1. The van der Waals surface area contributed by atoms with Gasteiger partial charge in [0.25, 0.3) is 0 Å². The molecule has 0 radical (unpaired) electrons. The Morgan fingerprint density at radius 1 is 0.909 bits per heavy atom. The van der Waals surface area contributed by atoms with Crippen molar-refractivity contribution in [3.8, 4) is 11.1 Å². The van der Waals surface area contributed by atoms with Crippen LogP contribution in [0.15, 0.2) is 21.7 Å². The summed E-state index contributed by atoms with van der Waals surface area (Å²) < 4.78 is 0. The molecule has 0 N–H and O–H groups in total. The number of piperidine rings is 1. The molecule has 2 aromatic carbocycles. The Bertz CT molecular complexity index is 788. The third-order valence-electron chi connectivity index (χ3n) is 5.10. The van der Waals surface area contributed by atoms with Gasteiger partial charge in [-0.05, 0) is 61.8 Å². The standard InChI is InChI=1S/C19H23NO2/c1-11-5-7-20(8-6-11)17-16(18(21)19(17)22)15-10-13(3)12(2)9-14(15)4/h9-11H,5-8H2,1-4H3. The van der Waals surface area contributed by atoms with Gasteiger partial charge in [-0.15, -0.1) is 0 Å². The third-order valence-corrected chi connectivity index (χ3v) is 5.10. The molecule has 1 heterocycles. The quantitative estimate of drug-likeness (QED) is 0.799. The van der Waals surface area contributed by atoms with Gasteiger partial charge in [-0.1, -0.05) is 19.1 Å². The lowest BCUT2D eigenvalue weighted by Crippen LogP contribution is -2.45. The first kappa shape index (κ1) is 15.0. The molecule has 3 nitrogen and oxygen atoms in total. The normalized spacial score (nSPS) is 16.5. The van der Waals surface area contributed by atoms with Gasteiger partial charge in [0.2, 0.25) is 10.9 Å². The van der Waals surface area contributed by atoms with Crippen LogP contribution in [-0.4, -0.2) is 13.1 Å². The zero-order valence-corrected chi connectivity index (χ0v) is 13.8. The molecule has 22 heavy (non-hydrogen) atoms. The van der Waals surface area contributed by atoms with E-state index in [1.54, 1.807) is 0 Å². The SMILES string of the molecule is Cc1cc(C)c(-c2c(N3CCC(C)CC3)c(=O)c2=O)cc1C. The Kier molecular flexibility index (Phi) is 3.67. The van der Waals surface area contributed by atoms with Crippen molar-refractivity contribution in [2.45, 2.75) is 40.5 Å². The van der Waals surface area contributed by atoms with Crippen molar-refractivity contribution in [3.05, 3.63) is 49.3 Å². The van der Waals surface area contributed by atoms with Crippen LogP contribution in [0, 0.1) is 26.7 Å². The smallest absolute Gasteiger partial charge is 0.250 e. The molecule has 1 aliphatic heterocycles. The van der Waals surface area contributed by atoms with Crippen molar-refractivity contribution < 1.29 is 0 Å². The Balaban J connectivity index is 2.07. The zero-order chi connectivity index (χ0) is 16.0. The summed E-state index contributed by atoms with van der Waals surface area (Å²) in [5.41, 5.74) is 5.05. The van der Waals surface area contributed by atoms with Crippen molar-refractivity contribution in [1.29, 1.82) is 0 Å². The van der Waals surface area contributed by atoms with E-state index in [1.807, 2.05) is 13.8 Å². The maximum atomic E-state index is 12.2. The van der Waals surface area contributed by atoms with Crippen LogP contribution >= 0.6 is 0 Å². The molecule has 0 aliphatic carbocycles. The number of rotatable bonds is 2. The molecule has 2 aromatic rings. The van der Waals surface area contributed by atoms with Crippen molar-refractivity contribution >= 4 is 5.69 Å². The average Bonchev–Trinajstić information content (AvgIpc) is 2.49. The van der Waals surface area contributed by atoms with E-state index in [0.29, 0.717) is 17.2 Å². The lowest BCUT2D eigenvalue weighted by molar-refractivity contribution is 0.437. The second-order valence-electron chi connectivity index (χ2n) is 6.80. The Morgan fingerprint density at radius 2 is 1.50 bits per heavy atom. The van der Waals surface area contributed by atoms with Crippen molar-refractivity contribution in [1.82, 2.24) is 0 Å². The van der Waals surface area contributed by atoms with Crippen LogP contribution in [0.1, 0.15) is 36.5 Å². The lowest BCUT2D eigenvalue weighted by atomic mass is 9.90. The van der Waals surface area contributed by atoms with E-state index >= 15 is 0 Å². The molecular formula is C19H23NO2. The highest BCUT2D eigenvalue weighted by Gasteiger charge is 2.29.